The summed E-state index contributed by atoms with van der Waals surface area (Å²) >= 11 is 1.37. The van der Waals surface area contributed by atoms with E-state index in [1.165, 1.54) is 16.3 Å². The van der Waals surface area contributed by atoms with Gasteiger partial charge in [0.15, 0.2) is 5.58 Å². The first kappa shape index (κ1) is 18.6. The summed E-state index contributed by atoms with van der Waals surface area (Å²) in [6, 6.07) is 21.7. The van der Waals surface area contributed by atoms with E-state index in [2.05, 4.69) is 11.4 Å². The molecule has 0 atom stereocenters. The van der Waals surface area contributed by atoms with Crippen molar-refractivity contribution in [3.05, 3.63) is 88.4 Å². The van der Waals surface area contributed by atoms with Crippen molar-refractivity contribution in [1.29, 1.82) is 5.26 Å². The van der Waals surface area contributed by atoms with Crippen molar-refractivity contribution in [2.45, 2.75) is 9.79 Å². The third kappa shape index (κ3) is 3.66. The van der Waals surface area contributed by atoms with Crippen molar-refractivity contribution in [1.82, 2.24) is 4.57 Å². The molecular formula is C22H15N3O3S. The molecule has 4 aromatic rings. The maximum atomic E-state index is 12.9. The van der Waals surface area contributed by atoms with E-state index in [1.807, 2.05) is 24.3 Å². The van der Waals surface area contributed by atoms with E-state index >= 15 is 0 Å². The number of benzene rings is 3. The molecule has 0 aliphatic heterocycles. The predicted octanol–water partition coefficient (Wildman–Crippen LogP) is 4.41. The lowest BCUT2D eigenvalue weighted by Crippen LogP contribution is -2.13. The van der Waals surface area contributed by atoms with Crippen molar-refractivity contribution in [2.24, 2.45) is 7.05 Å². The number of amides is 1. The number of oxazole rings is 1. The molecule has 1 aromatic heterocycles. The molecule has 0 bridgehead atoms. The second-order valence-corrected chi connectivity index (χ2v) is 7.35. The van der Waals surface area contributed by atoms with Crippen LogP contribution in [-0.2, 0) is 7.05 Å². The van der Waals surface area contributed by atoms with Crippen LogP contribution in [-0.4, -0.2) is 10.5 Å². The molecule has 1 amide bonds. The van der Waals surface area contributed by atoms with Crippen LogP contribution < -0.4 is 11.1 Å². The number of rotatable bonds is 4. The highest BCUT2D eigenvalue weighted by Gasteiger charge is 2.15. The Balaban J connectivity index is 1.63. The summed E-state index contributed by atoms with van der Waals surface area (Å²) in [5, 5.41) is 12.1. The highest BCUT2D eigenvalue weighted by Crippen LogP contribution is 2.33. The first-order valence-electron chi connectivity index (χ1n) is 8.74. The number of nitriles is 1. The fourth-order valence-electron chi connectivity index (χ4n) is 2.92. The van der Waals surface area contributed by atoms with Crippen molar-refractivity contribution in [3.8, 4) is 6.07 Å². The third-order valence-corrected chi connectivity index (χ3v) is 5.56. The van der Waals surface area contributed by atoms with Crippen LogP contribution in [0, 0.1) is 11.3 Å². The number of hydrogen-bond donors (Lipinski definition) is 1. The number of aryl methyl sites for hydroxylation is 1. The highest BCUT2D eigenvalue weighted by atomic mass is 32.2. The van der Waals surface area contributed by atoms with Crippen molar-refractivity contribution < 1.29 is 9.21 Å². The first-order valence-corrected chi connectivity index (χ1v) is 9.55. The average molecular weight is 401 g/mol. The zero-order valence-electron chi connectivity index (χ0n) is 15.4. The summed E-state index contributed by atoms with van der Waals surface area (Å²) < 4.78 is 6.58. The molecule has 0 spiro atoms. The lowest BCUT2D eigenvalue weighted by atomic mass is 10.2. The van der Waals surface area contributed by atoms with E-state index in [1.54, 1.807) is 49.5 Å². The van der Waals surface area contributed by atoms with Crippen LogP contribution in [0.5, 0.6) is 0 Å². The van der Waals surface area contributed by atoms with Crippen LogP contribution >= 0.6 is 11.8 Å². The number of carbonyl (C=O) groups is 1. The summed E-state index contributed by atoms with van der Waals surface area (Å²) in [6.45, 7) is 0. The van der Waals surface area contributed by atoms with Crippen LogP contribution in [0.4, 0.5) is 5.69 Å². The second-order valence-electron chi connectivity index (χ2n) is 6.27. The Kier molecular flexibility index (Phi) is 4.94. The Morgan fingerprint density at radius 1 is 1.07 bits per heavy atom. The minimum atomic E-state index is -0.457. The van der Waals surface area contributed by atoms with Gasteiger partial charge in [0.25, 0.3) is 5.91 Å². The monoisotopic (exact) mass is 401 g/mol. The van der Waals surface area contributed by atoms with Gasteiger partial charge in [-0.15, -0.1) is 0 Å². The first-order chi connectivity index (χ1) is 14.1. The molecular weight excluding hydrogens is 386 g/mol. The molecule has 1 heterocycles. The maximum Gasteiger partial charge on any atom is 0.419 e. The molecule has 0 saturated heterocycles. The van der Waals surface area contributed by atoms with Crippen molar-refractivity contribution >= 4 is 34.5 Å². The Labute approximate surface area is 170 Å². The molecule has 142 valence electrons. The summed E-state index contributed by atoms with van der Waals surface area (Å²) in [5.41, 5.74) is 2.61. The maximum absolute atomic E-state index is 12.9. The van der Waals surface area contributed by atoms with Gasteiger partial charge in [0, 0.05) is 28.6 Å². The molecule has 7 heteroatoms. The molecule has 0 saturated carbocycles. The predicted molar refractivity (Wildman–Crippen MR) is 111 cm³/mol. The van der Waals surface area contributed by atoms with Gasteiger partial charge >= 0.3 is 5.76 Å². The van der Waals surface area contributed by atoms with Gasteiger partial charge in [-0.25, -0.2) is 4.79 Å². The standard InChI is InChI=1S/C22H15N3O3S/c1-25-17-11-10-15(12-18(17)28-22(25)27)24-21(26)16-7-3-5-9-20(16)29-19-8-4-2-6-14(19)13-23/h2-12H,1H3,(H,24,26). The van der Waals surface area contributed by atoms with E-state index in [4.69, 9.17) is 4.42 Å². The van der Waals surface area contributed by atoms with E-state index < -0.39 is 5.76 Å². The number of nitrogens with one attached hydrogen (secondary N) is 1. The molecule has 6 nitrogen and oxygen atoms in total. The number of aromatic nitrogens is 1. The van der Waals surface area contributed by atoms with Gasteiger partial charge in [0.05, 0.1) is 16.6 Å². The van der Waals surface area contributed by atoms with Crippen LogP contribution in [0.2, 0.25) is 0 Å². The Bertz CT molecular complexity index is 1330. The quantitative estimate of drug-likeness (QED) is 0.547. The second kappa shape index (κ2) is 7.70. The van der Waals surface area contributed by atoms with Gasteiger partial charge in [0.2, 0.25) is 0 Å². The Morgan fingerprint density at radius 2 is 1.79 bits per heavy atom. The third-order valence-electron chi connectivity index (χ3n) is 4.41. The minimum absolute atomic E-state index is 0.292. The number of carbonyl (C=O) groups excluding carboxylic acids is 1. The largest absolute Gasteiger partial charge is 0.419 e. The number of nitrogens with zero attached hydrogens (tertiary/aromatic N) is 2. The van der Waals surface area contributed by atoms with Gasteiger partial charge in [-0.05, 0) is 36.4 Å². The lowest BCUT2D eigenvalue weighted by molar-refractivity contribution is 0.102. The van der Waals surface area contributed by atoms with Crippen LogP contribution in [0.3, 0.4) is 0 Å². The Morgan fingerprint density at radius 3 is 2.59 bits per heavy atom. The molecule has 1 N–H and O–H groups in total. The molecule has 0 unspecified atom stereocenters. The number of anilines is 1. The summed E-state index contributed by atoms with van der Waals surface area (Å²) in [4.78, 5) is 26.1. The van der Waals surface area contributed by atoms with Crippen LogP contribution in [0.25, 0.3) is 11.1 Å². The molecule has 0 aliphatic carbocycles. The topological polar surface area (TPSA) is 88.0 Å². The molecule has 3 aromatic carbocycles. The van der Waals surface area contributed by atoms with E-state index in [9.17, 15) is 14.9 Å². The average Bonchev–Trinajstić information content (AvgIpc) is 3.02. The van der Waals surface area contributed by atoms with Crippen LogP contribution in [0.15, 0.2) is 85.7 Å². The van der Waals surface area contributed by atoms with Gasteiger partial charge in [-0.3, -0.25) is 9.36 Å². The molecule has 4 rings (SSSR count). The SMILES string of the molecule is Cn1c(=O)oc2cc(NC(=O)c3ccccc3Sc3ccccc3C#N)ccc21. The minimum Gasteiger partial charge on any atom is -0.408 e. The fraction of sp³-hybridized carbons (Fsp3) is 0.0455. The normalized spacial score (nSPS) is 10.6. The lowest BCUT2D eigenvalue weighted by Gasteiger charge is -2.10. The van der Waals surface area contributed by atoms with Gasteiger partial charge in [-0.2, -0.15) is 5.26 Å². The van der Waals surface area contributed by atoms with Crippen molar-refractivity contribution in [2.75, 3.05) is 5.32 Å². The summed E-state index contributed by atoms with van der Waals surface area (Å²) in [5.74, 6) is -0.749. The van der Waals surface area contributed by atoms with Crippen molar-refractivity contribution in [3.63, 3.8) is 0 Å². The zero-order chi connectivity index (χ0) is 20.4. The smallest absolute Gasteiger partial charge is 0.408 e. The summed E-state index contributed by atoms with van der Waals surface area (Å²) in [6.07, 6.45) is 0. The van der Waals surface area contributed by atoms with Crippen LogP contribution in [0.1, 0.15) is 15.9 Å². The zero-order valence-corrected chi connectivity index (χ0v) is 16.2. The molecule has 0 fully saturated rings. The van der Waals surface area contributed by atoms with Gasteiger partial charge in [-0.1, -0.05) is 36.0 Å². The molecule has 0 aliphatic rings. The summed E-state index contributed by atoms with van der Waals surface area (Å²) in [7, 11) is 1.62. The molecule has 29 heavy (non-hydrogen) atoms. The number of fused-ring (bicyclic) bond motifs is 1. The van der Waals surface area contributed by atoms with E-state index in [0.29, 0.717) is 27.9 Å². The van der Waals surface area contributed by atoms with Gasteiger partial charge < -0.3 is 9.73 Å². The fourth-order valence-corrected chi connectivity index (χ4v) is 3.94. The highest BCUT2D eigenvalue weighted by molar-refractivity contribution is 7.99. The molecule has 0 radical (unpaired) electrons. The Hall–Kier alpha value is -3.76. The van der Waals surface area contributed by atoms with E-state index in [0.717, 1.165) is 9.79 Å². The van der Waals surface area contributed by atoms with E-state index in [-0.39, 0.29) is 5.91 Å². The van der Waals surface area contributed by atoms with Gasteiger partial charge in [0.1, 0.15) is 6.07 Å². The number of hydrogen-bond acceptors (Lipinski definition) is 5.